The number of halogens is 4. The predicted molar refractivity (Wildman–Crippen MR) is 108 cm³/mol. The molecule has 0 bridgehead atoms. The maximum Gasteiger partial charge on any atom is 0.387 e. The molecule has 0 unspecified atom stereocenters. The van der Waals surface area contributed by atoms with Gasteiger partial charge in [-0.3, -0.25) is 0 Å². The van der Waals surface area contributed by atoms with Crippen molar-refractivity contribution in [2.75, 3.05) is 0 Å². The number of carbonyl (C=O) groups excluding carboxylic acids is 1. The summed E-state index contributed by atoms with van der Waals surface area (Å²) in [6.07, 6.45) is 3.65. The van der Waals surface area contributed by atoms with Gasteiger partial charge in [-0.1, -0.05) is 43.6 Å². The zero-order valence-corrected chi connectivity index (χ0v) is 17.8. The number of hydrogen-bond donors (Lipinski definition) is 0. The second-order valence-corrected chi connectivity index (χ2v) is 11.1. The fourth-order valence-electron chi connectivity index (χ4n) is 4.05. The zero-order chi connectivity index (χ0) is 21.7. The predicted octanol–water partition coefficient (Wildman–Crippen LogP) is 6.30. The van der Waals surface area contributed by atoms with Crippen LogP contribution in [-0.2, 0) is 0 Å². The highest BCUT2D eigenvalue weighted by Gasteiger charge is 2.23. The Bertz CT molecular complexity index is 842. The largest absolute Gasteiger partial charge is 0.429 e. The molecule has 0 saturated carbocycles. The van der Waals surface area contributed by atoms with Gasteiger partial charge in [-0.2, -0.15) is 8.78 Å². The van der Waals surface area contributed by atoms with E-state index >= 15 is 0 Å². The van der Waals surface area contributed by atoms with Gasteiger partial charge in [0, 0.05) is 20.9 Å². The highest BCUT2D eigenvalue weighted by Crippen LogP contribution is 2.35. The van der Waals surface area contributed by atoms with Gasteiger partial charge in [-0.25, -0.2) is 13.6 Å². The molecule has 3 rings (SSSR count). The zero-order valence-electron chi connectivity index (χ0n) is 16.7. The normalized spacial score (nSPS) is 19.0. The van der Waals surface area contributed by atoms with Gasteiger partial charge < -0.3 is 9.47 Å². The van der Waals surface area contributed by atoms with Crippen LogP contribution in [0.15, 0.2) is 36.4 Å². The lowest BCUT2D eigenvalue weighted by Crippen LogP contribution is -2.20. The molecule has 0 radical (unpaired) electrons. The van der Waals surface area contributed by atoms with Crippen LogP contribution in [0.25, 0.3) is 0 Å². The van der Waals surface area contributed by atoms with Gasteiger partial charge in [0.1, 0.15) is 5.75 Å². The third kappa shape index (κ3) is 5.62. The van der Waals surface area contributed by atoms with Gasteiger partial charge in [0.15, 0.2) is 17.4 Å². The number of alkyl halides is 2. The summed E-state index contributed by atoms with van der Waals surface area (Å²) in [6, 6.07) is 12.4. The summed E-state index contributed by atoms with van der Waals surface area (Å²) >= 11 is 0. The van der Waals surface area contributed by atoms with E-state index in [1.807, 2.05) is 12.1 Å². The van der Waals surface area contributed by atoms with Crippen LogP contribution in [-0.4, -0.2) is 21.4 Å². The van der Waals surface area contributed by atoms with Crippen LogP contribution >= 0.6 is 0 Å². The van der Waals surface area contributed by atoms with Crippen molar-refractivity contribution in [1.29, 1.82) is 0 Å². The fourth-order valence-corrected chi connectivity index (χ4v) is 7.48. The van der Waals surface area contributed by atoms with Crippen molar-refractivity contribution < 1.29 is 31.8 Å². The molecule has 8 heteroatoms. The monoisotopic (exact) mass is 440 g/mol. The summed E-state index contributed by atoms with van der Waals surface area (Å²) in [7, 11) is -0.561. The van der Waals surface area contributed by atoms with Crippen LogP contribution in [0.5, 0.6) is 11.5 Å². The van der Waals surface area contributed by atoms with Gasteiger partial charge in [0.2, 0.25) is 0 Å². The Morgan fingerprint density at radius 1 is 1.10 bits per heavy atom. The Morgan fingerprint density at radius 2 is 1.70 bits per heavy atom. The molecule has 0 aromatic heterocycles. The quantitative estimate of drug-likeness (QED) is 0.219. The van der Waals surface area contributed by atoms with E-state index in [0.717, 1.165) is 0 Å². The van der Waals surface area contributed by atoms with E-state index in [9.17, 15) is 22.4 Å². The lowest BCUT2D eigenvalue weighted by molar-refractivity contribution is -0.0547. The molecule has 0 amide bonds. The van der Waals surface area contributed by atoms with E-state index < -0.39 is 44.5 Å². The maximum absolute atomic E-state index is 13.8. The number of esters is 1. The summed E-state index contributed by atoms with van der Waals surface area (Å²) < 4.78 is 60.7. The Morgan fingerprint density at radius 3 is 2.23 bits per heavy atom. The second-order valence-electron chi connectivity index (χ2n) is 7.61. The molecule has 0 spiro atoms. The number of carbonyl (C=O) groups is 1. The Hall–Kier alpha value is -2.35. The summed E-state index contributed by atoms with van der Waals surface area (Å²) in [5.41, 5.74) is 1.42. The Balaban J connectivity index is 1.63. The molecule has 1 aliphatic heterocycles. The van der Waals surface area contributed by atoms with Crippen molar-refractivity contribution in [1.82, 2.24) is 0 Å². The first-order valence-electron chi connectivity index (χ1n) is 10.1. The first kappa shape index (κ1) is 22.3. The number of hydrogen-bond acceptors (Lipinski definition) is 3. The molecular formula is C22H24F4O3Si. The highest BCUT2D eigenvalue weighted by atomic mass is 28.3. The lowest BCUT2D eigenvalue weighted by Gasteiger charge is -2.27. The minimum absolute atomic E-state index is 0.238. The molecule has 2 aromatic rings. The average Bonchev–Trinajstić information content (AvgIpc) is 2.71. The topological polar surface area (TPSA) is 35.5 Å². The van der Waals surface area contributed by atoms with E-state index in [1.165, 1.54) is 43.0 Å². The van der Waals surface area contributed by atoms with Crippen molar-refractivity contribution >= 4 is 14.8 Å². The summed E-state index contributed by atoms with van der Waals surface area (Å²) in [5.74, 6) is -4.69. The Labute approximate surface area is 174 Å². The molecule has 1 aliphatic rings. The van der Waals surface area contributed by atoms with Gasteiger partial charge in [0.05, 0.1) is 5.56 Å². The molecule has 0 N–H and O–H groups in total. The summed E-state index contributed by atoms with van der Waals surface area (Å²) in [4.78, 5) is 12.3. The van der Waals surface area contributed by atoms with Gasteiger partial charge in [0.25, 0.3) is 0 Å². The summed E-state index contributed by atoms with van der Waals surface area (Å²) in [5, 5.41) is 0. The van der Waals surface area contributed by atoms with Gasteiger partial charge in [-0.15, -0.1) is 0 Å². The molecule has 1 saturated heterocycles. The molecule has 2 aromatic carbocycles. The molecule has 1 fully saturated rings. The molecule has 0 atom stereocenters. The number of rotatable bonds is 7. The minimum atomic E-state index is -3.37. The molecule has 162 valence electrons. The molecule has 3 nitrogen and oxygen atoms in total. The smallest absolute Gasteiger partial charge is 0.387 e. The fraction of sp³-hybridized carbons (Fsp3) is 0.409. The second kappa shape index (κ2) is 10.1. The molecular weight excluding hydrogens is 416 g/mol. The van der Waals surface area contributed by atoms with Crippen LogP contribution in [0.1, 0.15) is 48.0 Å². The molecule has 30 heavy (non-hydrogen) atoms. The number of benzene rings is 2. The minimum Gasteiger partial charge on any atom is -0.429 e. The van der Waals surface area contributed by atoms with Crippen LogP contribution in [0.3, 0.4) is 0 Å². The third-order valence-electron chi connectivity index (χ3n) is 5.55. The third-order valence-corrected chi connectivity index (χ3v) is 9.24. The maximum atomic E-state index is 13.8. The van der Waals surface area contributed by atoms with Crippen molar-refractivity contribution in [2.45, 2.75) is 56.8 Å². The van der Waals surface area contributed by atoms with Crippen LogP contribution in [0.2, 0.25) is 18.1 Å². The SMILES string of the molecule is CCC[SiH]1CCC(c2ccc(C(=O)Oc3cc(F)c(OC(F)F)c(F)c3)cc2)CC1. The lowest BCUT2D eigenvalue weighted by atomic mass is 9.93. The first-order chi connectivity index (χ1) is 14.4. The average molecular weight is 441 g/mol. The van der Waals surface area contributed by atoms with E-state index in [4.69, 9.17) is 4.74 Å². The van der Waals surface area contributed by atoms with Crippen molar-refractivity contribution in [3.8, 4) is 11.5 Å². The van der Waals surface area contributed by atoms with E-state index in [2.05, 4.69) is 11.7 Å². The standard InChI is InChI=1S/C22H24F4O3Si/c1-2-9-30-10-7-15(8-11-30)14-3-5-16(6-4-14)21(27)28-17-12-18(23)20(19(24)13-17)29-22(25)26/h3-6,12-13,15,22,30H,2,7-11H2,1H3. The van der Waals surface area contributed by atoms with Crippen molar-refractivity contribution in [2.24, 2.45) is 0 Å². The van der Waals surface area contributed by atoms with Crippen LogP contribution in [0, 0.1) is 11.6 Å². The molecule has 0 aliphatic carbocycles. The van der Waals surface area contributed by atoms with Crippen molar-refractivity contribution in [3.63, 3.8) is 0 Å². The Kier molecular flexibility index (Phi) is 7.52. The number of ether oxygens (including phenoxy) is 2. The van der Waals surface area contributed by atoms with Crippen LogP contribution < -0.4 is 9.47 Å². The van der Waals surface area contributed by atoms with Gasteiger partial charge in [-0.05, 0) is 36.5 Å². The van der Waals surface area contributed by atoms with E-state index in [-0.39, 0.29) is 5.56 Å². The van der Waals surface area contributed by atoms with Gasteiger partial charge >= 0.3 is 12.6 Å². The first-order valence-corrected chi connectivity index (χ1v) is 12.6. The highest BCUT2D eigenvalue weighted by molar-refractivity contribution is 6.59. The van der Waals surface area contributed by atoms with E-state index in [1.54, 1.807) is 12.1 Å². The molecule has 1 heterocycles. The van der Waals surface area contributed by atoms with Crippen molar-refractivity contribution in [3.05, 3.63) is 59.2 Å². The van der Waals surface area contributed by atoms with Crippen LogP contribution in [0.4, 0.5) is 17.6 Å². The summed E-state index contributed by atoms with van der Waals surface area (Å²) in [6.45, 7) is -1.13. The van der Waals surface area contributed by atoms with E-state index in [0.29, 0.717) is 18.1 Å².